The molecule has 0 radical (unpaired) electrons. The fourth-order valence-electron chi connectivity index (χ4n) is 3.35. The molecular weight excluding hydrogens is 296 g/mol. The summed E-state index contributed by atoms with van der Waals surface area (Å²) in [6.07, 6.45) is 5.94. The Kier molecular flexibility index (Phi) is 6.02. The van der Waals surface area contributed by atoms with Gasteiger partial charge >= 0.3 is 0 Å². The van der Waals surface area contributed by atoms with Crippen LogP contribution in [0.4, 0.5) is 0 Å². The predicted molar refractivity (Wildman–Crippen MR) is 97.5 cm³/mol. The first-order valence-electron chi connectivity index (χ1n) is 8.95. The zero-order chi connectivity index (χ0) is 16.6. The Morgan fingerprint density at radius 3 is 2.21 bits per heavy atom. The second-order valence-corrected chi connectivity index (χ2v) is 6.55. The van der Waals surface area contributed by atoms with Crippen molar-refractivity contribution in [1.29, 1.82) is 0 Å². The summed E-state index contributed by atoms with van der Waals surface area (Å²) in [5, 5.41) is 6.68. The third-order valence-electron chi connectivity index (χ3n) is 4.70. The SMILES string of the molecule is O=C(NC1CCCCC1)C(NCc1ccccc1)c1ccccc1. The Morgan fingerprint density at radius 1 is 0.917 bits per heavy atom. The molecule has 24 heavy (non-hydrogen) atoms. The normalized spacial score (nSPS) is 16.5. The van der Waals surface area contributed by atoms with Crippen molar-refractivity contribution in [1.82, 2.24) is 10.6 Å². The molecule has 1 aliphatic carbocycles. The monoisotopic (exact) mass is 322 g/mol. The van der Waals surface area contributed by atoms with E-state index in [1.165, 1.54) is 24.8 Å². The van der Waals surface area contributed by atoms with Gasteiger partial charge in [-0.3, -0.25) is 10.1 Å². The summed E-state index contributed by atoms with van der Waals surface area (Å²) in [6.45, 7) is 0.679. The molecule has 3 heteroatoms. The van der Waals surface area contributed by atoms with Gasteiger partial charge in [-0.2, -0.15) is 0 Å². The molecular formula is C21H26N2O. The van der Waals surface area contributed by atoms with Crippen LogP contribution in [0, 0.1) is 0 Å². The minimum absolute atomic E-state index is 0.0871. The molecule has 1 aliphatic rings. The Morgan fingerprint density at radius 2 is 1.54 bits per heavy atom. The summed E-state index contributed by atoms with van der Waals surface area (Å²) in [6, 6.07) is 20.2. The van der Waals surface area contributed by atoms with Crippen molar-refractivity contribution in [2.75, 3.05) is 0 Å². The number of carbonyl (C=O) groups excluding carboxylic acids is 1. The van der Waals surface area contributed by atoms with Crippen LogP contribution in [0.25, 0.3) is 0 Å². The molecule has 1 unspecified atom stereocenters. The largest absolute Gasteiger partial charge is 0.352 e. The lowest BCUT2D eigenvalue weighted by molar-refractivity contribution is -0.124. The second kappa shape index (κ2) is 8.65. The quantitative estimate of drug-likeness (QED) is 0.845. The number of benzene rings is 2. The highest BCUT2D eigenvalue weighted by molar-refractivity contribution is 5.83. The molecule has 0 aromatic heterocycles. The molecule has 1 atom stereocenters. The molecule has 3 rings (SSSR count). The second-order valence-electron chi connectivity index (χ2n) is 6.55. The van der Waals surface area contributed by atoms with Crippen LogP contribution in [0.1, 0.15) is 49.3 Å². The van der Waals surface area contributed by atoms with E-state index in [0.717, 1.165) is 18.4 Å². The first kappa shape index (κ1) is 16.7. The van der Waals surface area contributed by atoms with Gasteiger partial charge in [-0.1, -0.05) is 79.9 Å². The van der Waals surface area contributed by atoms with Crippen molar-refractivity contribution in [3.05, 3.63) is 71.8 Å². The van der Waals surface area contributed by atoms with Crippen molar-refractivity contribution in [3.8, 4) is 0 Å². The van der Waals surface area contributed by atoms with Gasteiger partial charge in [-0.25, -0.2) is 0 Å². The molecule has 2 aromatic carbocycles. The van der Waals surface area contributed by atoms with Gasteiger partial charge in [0.15, 0.2) is 0 Å². The van der Waals surface area contributed by atoms with Gasteiger partial charge in [0.2, 0.25) is 5.91 Å². The number of amides is 1. The van der Waals surface area contributed by atoms with E-state index >= 15 is 0 Å². The Labute approximate surface area is 144 Å². The molecule has 1 saturated carbocycles. The fourth-order valence-corrected chi connectivity index (χ4v) is 3.35. The van der Waals surface area contributed by atoms with Gasteiger partial charge in [-0.15, -0.1) is 0 Å². The molecule has 0 spiro atoms. The van der Waals surface area contributed by atoms with Crippen LogP contribution in [0.5, 0.6) is 0 Å². The van der Waals surface area contributed by atoms with Crippen LogP contribution in [0.3, 0.4) is 0 Å². The maximum atomic E-state index is 12.9. The van der Waals surface area contributed by atoms with Crippen LogP contribution < -0.4 is 10.6 Å². The number of hydrogen-bond donors (Lipinski definition) is 2. The minimum Gasteiger partial charge on any atom is -0.352 e. The molecule has 1 fully saturated rings. The fraction of sp³-hybridized carbons (Fsp3) is 0.381. The highest BCUT2D eigenvalue weighted by atomic mass is 16.2. The van der Waals surface area contributed by atoms with E-state index in [1.807, 2.05) is 48.5 Å². The number of rotatable bonds is 6. The molecule has 0 heterocycles. The number of carbonyl (C=O) groups is 1. The first-order chi connectivity index (χ1) is 11.8. The highest BCUT2D eigenvalue weighted by Gasteiger charge is 2.23. The summed E-state index contributed by atoms with van der Waals surface area (Å²) in [4.78, 5) is 12.9. The molecule has 126 valence electrons. The topological polar surface area (TPSA) is 41.1 Å². The van der Waals surface area contributed by atoms with E-state index < -0.39 is 0 Å². The van der Waals surface area contributed by atoms with Crippen molar-refractivity contribution >= 4 is 5.91 Å². The smallest absolute Gasteiger partial charge is 0.241 e. The van der Waals surface area contributed by atoms with E-state index in [0.29, 0.717) is 12.6 Å². The van der Waals surface area contributed by atoms with Crippen molar-refractivity contribution in [2.45, 2.75) is 50.7 Å². The minimum atomic E-state index is -0.312. The third kappa shape index (κ3) is 4.68. The van der Waals surface area contributed by atoms with Crippen LogP contribution in [-0.4, -0.2) is 11.9 Å². The molecule has 3 nitrogen and oxygen atoms in total. The van der Waals surface area contributed by atoms with Gasteiger partial charge in [0.05, 0.1) is 0 Å². The predicted octanol–water partition coefficient (Wildman–Crippen LogP) is 3.97. The van der Waals surface area contributed by atoms with Crippen molar-refractivity contribution < 1.29 is 4.79 Å². The lowest BCUT2D eigenvalue weighted by Crippen LogP contribution is -2.43. The first-order valence-corrected chi connectivity index (χ1v) is 8.95. The lowest BCUT2D eigenvalue weighted by atomic mass is 9.95. The third-order valence-corrected chi connectivity index (χ3v) is 4.70. The summed E-state index contributed by atoms with van der Waals surface area (Å²) in [5.74, 6) is 0.0871. The van der Waals surface area contributed by atoms with Crippen LogP contribution in [0.15, 0.2) is 60.7 Å². The Hall–Kier alpha value is -2.13. The average molecular weight is 322 g/mol. The zero-order valence-corrected chi connectivity index (χ0v) is 14.1. The number of hydrogen-bond acceptors (Lipinski definition) is 2. The Bertz CT molecular complexity index is 621. The summed E-state index contributed by atoms with van der Waals surface area (Å²) >= 11 is 0. The maximum absolute atomic E-state index is 12.9. The number of nitrogens with one attached hydrogen (secondary N) is 2. The van der Waals surface area contributed by atoms with Gasteiger partial charge in [0.25, 0.3) is 0 Å². The molecule has 0 aliphatic heterocycles. The summed E-state index contributed by atoms with van der Waals surface area (Å²) < 4.78 is 0. The zero-order valence-electron chi connectivity index (χ0n) is 14.1. The Balaban J connectivity index is 1.68. The van der Waals surface area contributed by atoms with E-state index in [-0.39, 0.29) is 11.9 Å². The van der Waals surface area contributed by atoms with E-state index in [9.17, 15) is 4.79 Å². The maximum Gasteiger partial charge on any atom is 0.241 e. The molecule has 2 aromatic rings. The van der Waals surface area contributed by atoms with Crippen LogP contribution in [-0.2, 0) is 11.3 Å². The molecule has 1 amide bonds. The van der Waals surface area contributed by atoms with E-state index in [4.69, 9.17) is 0 Å². The van der Waals surface area contributed by atoms with Crippen LogP contribution in [0.2, 0.25) is 0 Å². The standard InChI is InChI=1S/C21H26N2O/c24-21(23-19-14-8-3-9-15-19)20(18-12-6-2-7-13-18)22-16-17-10-4-1-5-11-17/h1-2,4-7,10-13,19-20,22H,3,8-9,14-16H2,(H,23,24). The van der Waals surface area contributed by atoms with Crippen LogP contribution >= 0.6 is 0 Å². The van der Waals surface area contributed by atoms with Gasteiger partial charge in [0, 0.05) is 12.6 Å². The summed E-state index contributed by atoms with van der Waals surface area (Å²) in [7, 11) is 0. The van der Waals surface area contributed by atoms with Gasteiger partial charge < -0.3 is 5.32 Å². The molecule has 0 bridgehead atoms. The van der Waals surface area contributed by atoms with E-state index in [1.54, 1.807) is 0 Å². The van der Waals surface area contributed by atoms with Crippen molar-refractivity contribution in [3.63, 3.8) is 0 Å². The average Bonchev–Trinajstić information content (AvgIpc) is 2.64. The molecule has 0 saturated heterocycles. The molecule has 2 N–H and O–H groups in total. The summed E-state index contributed by atoms with van der Waals surface area (Å²) in [5.41, 5.74) is 2.20. The van der Waals surface area contributed by atoms with Gasteiger partial charge in [-0.05, 0) is 24.0 Å². The lowest BCUT2D eigenvalue weighted by Gasteiger charge is -2.26. The van der Waals surface area contributed by atoms with E-state index in [2.05, 4.69) is 22.8 Å². The highest BCUT2D eigenvalue weighted by Crippen LogP contribution is 2.20. The van der Waals surface area contributed by atoms with Gasteiger partial charge in [0.1, 0.15) is 6.04 Å². The van der Waals surface area contributed by atoms with Crippen molar-refractivity contribution in [2.24, 2.45) is 0 Å².